The van der Waals surface area contributed by atoms with Gasteiger partial charge in [0.15, 0.2) is 5.03 Å². The highest BCUT2D eigenvalue weighted by Gasteiger charge is 2.24. The van der Waals surface area contributed by atoms with E-state index < -0.39 is 0 Å². The Morgan fingerprint density at radius 1 is 1.50 bits per heavy atom. The zero-order valence-electron chi connectivity index (χ0n) is 12.0. The quantitative estimate of drug-likeness (QED) is 0.654. The van der Waals surface area contributed by atoms with Crippen LogP contribution < -0.4 is 5.32 Å². The number of hydrogen-bond donors (Lipinski definition) is 1. The Kier molecular flexibility index (Phi) is 5.23. The summed E-state index contributed by atoms with van der Waals surface area (Å²) in [4.78, 5) is 15.2. The molecule has 0 aliphatic heterocycles. The van der Waals surface area contributed by atoms with Crippen LogP contribution in [0.15, 0.2) is 17.2 Å². The van der Waals surface area contributed by atoms with Gasteiger partial charge in [0.1, 0.15) is 5.82 Å². The number of hydrogen-bond acceptors (Lipinski definition) is 5. The van der Waals surface area contributed by atoms with Gasteiger partial charge >= 0.3 is 5.69 Å². The number of aromatic nitrogens is 1. The molecule has 0 radical (unpaired) electrons. The summed E-state index contributed by atoms with van der Waals surface area (Å²) in [6.45, 7) is 5.00. The molecule has 1 aromatic rings. The molecule has 0 saturated heterocycles. The molecule has 1 aliphatic rings. The molecule has 1 aliphatic carbocycles. The van der Waals surface area contributed by atoms with Crippen LogP contribution in [-0.4, -0.2) is 21.7 Å². The second-order valence-electron chi connectivity index (χ2n) is 5.32. The third-order valence-electron chi connectivity index (χ3n) is 3.56. The Hall–Kier alpha value is -1.30. The molecule has 6 heteroatoms. The number of rotatable bonds is 5. The Labute approximate surface area is 123 Å². The monoisotopic (exact) mass is 295 g/mol. The van der Waals surface area contributed by atoms with Crippen LogP contribution >= 0.6 is 11.8 Å². The smallest absolute Gasteiger partial charge is 0.301 e. The lowest BCUT2D eigenvalue weighted by molar-refractivity contribution is -0.388. The highest BCUT2D eigenvalue weighted by molar-refractivity contribution is 8.00. The molecule has 0 amide bonds. The van der Waals surface area contributed by atoms with Gasteiger partial charge in [-0.3, -0.25) is 10.1 Å². The molecular weight excluding hydrogens is 274 g/mol. The minimum Gasteiger partial charge on any atom is -0.370 e. The van der Waals surface area contributed by atoms with Crippen LogP contribution in [0.5, 0.6) is 0 Å². The van der Waals surface area contributed by atoms with Crippen LogP contribution in [0.2, 0.25) is 0 Å². The largest absolute Gasteiger partial charge is 0.370 e. The highest BCUT2D eigenvalue weighted by atomic mass is 32.2. The first-order valence-electron chi connectivity index (χ1n) is 7.16. The second-order valence-corrected chi connectivity index (χ2v) is 6.61. The second kappa shape index (κ2) is 6.92. The van der Waals surface area contributed by atoms with Crippen molar-refractivity contribution in [1.82, 2.24) is 4.98 Å². The van der Waals surface area contributed by atoms with Gasteiger partial charge in [-0.2, -0.15) is 0 Å². The van der Waals surface area contributed by atoms with Gasteiger partial charge in [0.2, 0.25) is 0 Å². The molecule has 20 heavy (non-hydrogen) atoms. The van der Waals surface area contributed by atoms with Gasteiger partial charge in [-0.15, -0.1) is 0 Å². The maximum atomic E-state index is 11.1. The Bertz CT molecular complexity index is 481. The van der Waals surface area contributed by atoms with E-state index in [9.17, 15) is 10.1 Å². The van der Waals surface area contributed by atoms with Gasteiger partial charge in [-0.05, 0) is 31.7 Å². The lowest BCUT2D eigenvalue weighted by atomic mass is 9.91. The first-order chi connectivity index (χ1) is 9.60. The number of pyridine rings is 1. The molecule has 0 bridgehead atoms. The average Bonchev–Trinajstić information content (AvgIpc) is 2.39. The highest BCUT2D eigenvalue weighted by Crippen LogP contribution is 2.39. The van der Waals surface area contributed by atoms with Gasteiger partial charge in [0, 0.05) is 17.9 Å². The molecule has 1 fully saturated rings. The van der Waals surface area contributed by atoms with Crippen LogP contribution in [0.1, 0.15) is 39.5 Å². The molecule has 1 heterocycles. The predicted octanol–water partition coefficient (Wildman–Crippen LogP) is 4.09. The first-order valence-corrected chi connectivity index (χ1v) is 8.04. The summed E-state index contributed by atoms with van der Waals surface area (Å²) in [5, 5.41) is 15.2. The number of nitro groups is 1. The standard InChI is InChI=1S/C14H21N3O2S/c1-3-15-13-8-7-12(17(18)19)14(16-13)20-11-6-4-5-10(2)9-11/h7-8,10-11H,3-6,9H2,1-2H3,(H,15,16). The molecule has 110 valence electrons. The predicted molar refractivity (Wildman–Crippen MR) is 82.3 cm³/mol. The van der Waals surface area contributed by atoms with Crippen molar-refractivity contribution in [1.29, 1.82) is 0 Å². The maximum absolute atomic E-state index is 11.1. The van der Waals surface area contributed by atoms with Crippen molar-refractivity contribution >= 4 is 23.3 Å². The van der Waals surface area contributed by atoms with E-state index in [1.54, 1.807) is 23.9 Å². The summed E-state index contributed by atoms with van der Waals surface area (Å²) in [5.74, 6) is 1.42. The molecule has 0 aromatic carbocycles. The molecule has 5 nitrogen and oxygen atoms in total. The van der Waals surface area contributed by atoms with Gasteiger partial charge in [0.05, 0.1) is 4.92 Å². The van der Waals surface area contributed by atoms with E-state index in [0.29, 0.717) is 22.0 Å². The fourth-order valence-electron chi connectivity index (χ4n) is 2.58. The molecule has 2 atom stereocenters. The van der Waals surface area contributed by atoms with Crippen molar-refractivity contribution in [3.05, 3.63) is 22.2 Å². The third kappa shape index (κ3) is 3.85. The van der Waals surface area contributed by atoms with Crippen LogP contribution in [0, 0.1) is 16.0 Å². The summed E-state index contributed by atoms with van der Waals surface area (Å²) in [5.41, 5.74) is 0.120. The van der Waals surface area contributed by atoms with E-state index in [-0.39, 0.29) is 10.6 Å². The number of nitrogens with zero attached hydrogens (tertiary/aromatic N) is 2. The van der Waals surface area contributed by atoms with E-state index in [1.165, 1.54) is 12.8 Å². The first kappa shape index (κ1) is 15.1. The molecule has 1 N–H and O–H groups in total. The lowest BCUT2D eigenvalue weighted by Gasteiger charge is -2.25. The summed E-state index contributed by atoms with van der Waals surface area (Å²) in [6.07, 6.45) is 4.72. The SMILES string of the molecule is CCNc1ccc([N+](=O)[O-])c(SC2CCCC(C)C2)n1. The van der Waals surface area contributed by atoms with Crippen LogP contribution in [0.25, 0.3) is 0 Å². The summed E-state index contributed by atoms with van der Waals surface area (Å²) in [6, 6.07) is 3.23. The van der Waals surface area contributed by atoms with Crippen molar-refractivity contribution in [3.63, 3.8) is 0 Å². The topological polar surface area (TPSA) is 68.1 Å². The minimum atomic E-state index is -0.336. The summed E-state index contributed by atoms with van der Waals surface area (Å²) < 4.78 is 0. The molecular formula is C14H21N3O2S. The lowest BCUT2D eigenvalue weighted by Crippen LogP contribution is -2.15. The van der Waals surface area contributed by atoms with Crippen molar-refractivity contribution in [2.45, 2.75) is 49.8 Å². The minimum absolute atomic E-state index is 0.120. The Morgan fingerprint density at radius 3 is 2.95 bits per heavy atom. The zero-order chi connectivity index (χ0) is 14.5. The third-order valence-corrected chi connectivity index (χ3v) is 4.85. The van der Waals surface area contributed by atoms with Gasteiger partial charge in [0.25, 0.3) is 0 Å². The fourth-order valence-corrected chi connectivity index (χ4v) is 4.02. The average molecular weight is 295 g/mol. The van der Waals surface area contributed by atoms with Crippen molar-refractivity contribution in [3.8, 4) is 0 Å². The molecule has 1 aromatic heterocycles. The maximum Gasteiger partial charge on any atom is 0.301 e. The van der Waals surface area contributed by atoms with Crippen molar-refractivity contribution in [2.75, 3.05) is 11.9 Å². The Balaban J connectivity index is 2.18. The number of thioether (sulfide) groups is 1. The number of nitrogens with one attached hydrogen (secondary N) is 1. The fraction of sp³-hybridized carbons (Fsp3) is 0.643. The number of anilines is 1. The molecule has 0 spiro atoms. The van der Waals surface area contributed by atoms with E-state index in [1.807, 2.05) is 6.92 Å². The van der Waals surface area contributed by atoms with Gasteiger partial charge in [-0.1, -0.05) is 31.5 Å². The Morgan fingerprint density at radius 2 is 2.30 bits per heavy atom. The molecule has 2 rings (SSSR count). The normalized spacial score (nSPS) is 22.5. The van der Waals surface area contributed by atoms with E-state index >= 15 is 0 Å². The van der Waals surface area contributed by atoms with Gasteiger partial charge < -0.3 is 5.32 Å². The summed E-state index contributed by atoms with van der Waals surface area (Å²) in [7, 11) is 0. The van der Waals surface area contributed by atoms with Crippen molar-refractivity contribution < 1.29 is 4.92 Å². The van der Waals surface area contributed by atoms with E-state index in [0.717, 1.165) is 19.4 Å². The van der Waals surface area contributed by atoms with Crippen LogP contribution in [-0.2, 0) is 0 Å². The van der Waals surface area contributed by atoms with Crippen LogP contribution in [0.4, 0.5) is 11.5 Å². The molecule has 1 saturated carbocycles. The zero-order valence-corrected chi connectivity index (χ0v) is 12.8. The van der Waals surface area contributed by atoms with Crippen LogP contribution in [0.3, 0.4) is 0 Å². The summed E-state index contributed by atoms with van der Waals surface area (Å²) >= 11 is 1.57. The van der Waals surface area contributed by atoms with Crippen molar-refractivity contribution in [2.24, 2.45) is 5.92 Å². The van der Waals surface area contributed by atoms with E-state index in [4.69, 9.17) is 0 Å². The van der Waals surface area contributed by atoms with E-state index in [2.05, 4.69) is 17.2 Å². The molecule has 2 unspecified atom stereocenters. The van der Waals surface area contributed by atoms with Gasteiger partial charge in [-0.25, -0.2) is 4.98 Å².